The van der Waals surface area contributed by atoms with Crippen molar-refractivity contribution in [2.75, 3.05) is 17.4 Å². The van der Waals surface area contributed by atoms with Gasteiger partial charge in [0.15, 0.2) is 0 Å². The van der Waals surface area contributed by atoms with Gasteiger partial charge in [-0.05, 0) is 30.2 Å². The van der Waals surface area contributed by atoms with Crippen LogP contribution in [0, 0.1) is 18.3 Å². The van der Waals surface area contributed by atoms with Gasteiger partial charge >= 0.3 is 0 Å². The number of carbonyl (C=O) groups excluding carboxylic acids is 1. The van der Waals surface area contributed by atoms with Gasteiger partial charge in [-0.1, -0.05) is 59.8 Å². The van der Waals surface area contributed by atoms with E-state index in [9.17, 15) is 10.1 Å². The number of aryl methyl sites for hydroxylation is 1. The minimum Gasteiger partial charge on any atom is -0.343 e. The molecule has 0 aromatic heterocycles. The van der Waals surface area contributed by atoms with Crippen LogP contribution in [-0.4, -0.2) is 23.4 Å². The van der Waals surface area contributed by atoms with E-state index in [1.165, 1.54) is 5.56 Å². The summed E-state index contributed by atoms with van der Waals surface area (Å²) < 4.78 is 0. The molecule has 2 heterocycles. The van der Waals surface area contributed by atoms with E-state index in [-0.39, 0.29) is 18.2 Å². The first-order valence-electron chi connectivity index (χ1n) is 8.72. The van der Waals surface area contributed by atoms with Crippen LogP contribution in [0.1, 0.15) is 23.5 Å². The minimum atomic E-state index is -0.278. The van der Waals surface area contributed by atoms with Gasteiger partial charge in [0.05, 0.1) is 29.2 Å². The van der Waals surface area contributed by atoms with Crippen molar-refractivity contribution in [2.45, 2.75) is 19.3 Å². The van der Waals surface area contributed by atoms with Gasteiger partial charge in [-0.2, -0.15) is 5.26 Å². The van der Waals surface area contributed by atoms with Crippen LogP contribution in [0.15, 0.2) is 59.1 Å². The number of allylic oxidation sites excluding steroid dienone is 1. The van der Waals surface area contributed by atoms with Crippen LogP contribution >= 0.6 is 23.4 Å². The lowest BCUT2D eigenvalue weighted by molar-refractivity contribution is -0.129. The van der Waals surface area contributed by atoms with E-state index in [0.29, 0.717) is 23.1 Å². The Morgan fingerprint density at radius 1 is 1.19 bits per heavy atom. The van der Waals surface area contributed by atoms with E-state index >= 15 is 0 Å². The Bertz CT molecular complexity index is 981. The van der Waals surface area contributed by atoms with Crippen LogP contribution in [0.3, 0.4) is 0 Å². The summed E-state index contributed by atoms with van der Waals surface area (Å²) in [7, 11) is 0. The van der Waals surface area contributed by atoms with Gasteiger partial charge in [0.1, 0.15) is 0 Å². The first-order chi connectivity index (χ1) is 13.1. The maximum atomic E-state index is 12.9. The highest BCUT2D eigenvalue weighted by Gasteiger charge is 2.39. The Labute approximate surface area is 168 Å². The quantitative estimate of drug-likeness (QED) is 0.727. The normalized spacial score (nSPS) is 19.7. The first-order valence-corrected chi connectivity index (χ1v) is 10.1. The number of fused-ring (bicyclic) bond motifs is 1. The van der Waals surface area contributed by atoms with Crippen LogP contribution in [0.5, 0.6) is 0 Å². The molecule has 0 aliphatic carbocycles. The maximum Gasteiger partial charge on any atom is 0.229 e. The molecule has 4 rings (SSSR count). The summed E-state index contributed by atoms with van der Waals surface area (Å²) in [5.74, 6) is 0.448. The second kappa shape index (κ2) is 7.30. The number of rotatable bonds is 2. The molecular weight excluding hydrogens is 378 g/mol. The third kappa shape index (κ3) is 3.20. The molecule has 1 atom stereocenters. The third-order valence-electron chi connectivity index (χ3n) is 5.03. The Hall–Kier alpha value is -2.42. The molecule has 4 nitrogen and oxygen atoms in total. The van der Waals surface area contributed by atoms with E-state index in [1.54, 1.807) is 22.7 Å². The fraction of sp³-hybridized carbons (Fsp3) is 0.238. The standard InChI is InChI=1S/C21H18ClN3OS/c1-14-6-2-5-9-19(14)24-12-25-20(26)10-16(15-7-3-4-8-18(15)22)17(11-23)21(25)27-13-24/h2-9,16H,10,12-13H2,1H3. The number of benzene rings is 2. The highest BCUT2D eigenvalue weighted by Crippen LogP contribution is 2.44. The van der Waals surface area contributed by atoms with Crippen LogP contribution < -0.4 is 4.90 Å². The zero-order valence-electron chi connectivity index (χ0n) is 14.9. The average molecular weight is 396 g/mol. The lowest BCUT2D eigenvalue weighted by atomic mass is 9.86. The molecule has 27 heavy (non-hydrogen) atoms. The van der Waals surface area contributed by atoms with Crippen molar-refractivity contribution < 1.29 is 4.79 Å². The number of hydrogen-bond acceptors (Lipinski definition) is 4. The first kappa shape index (κ1) is 18.0. The Kier molecular flexibility index (Phi) is 4.86. The van der Waals surface area contributed by atoms with Gasteiger partial charge in [0, 0.05) is 23.0 Å². The highest BCUT2D eigenvalue weighted by atomic mass is 35.5. The number of halogens is 1. The van der Waals surface area contributed by atoms with E-state index < -0.39 is 0 Å². The van der Waals surface area contributed by atoms with E-state index in [1.807, 2.05) is 30.3 Å². The number of anilines is 1. The Morgan fingerprint density at radius 3 is 2.67 bits per heavy atom. The summed E-state index contributed by atoms with van der Waals surface area (Å²) in [5.41, 5.74) is 3.77. The summed E-state index contributed by atoms with van der Waals surface area (Å²) in [6, 6.07) is 18.0. The van der Waals surface area contributed by atoms with Crippen molar-refractivity contribution >= 4 is 35.0 Å². The number of nitriles is 1. The molecule has 1 saturated heterocycles. The summed E-state index contributed by atoms with van der Waals surface area (Å²) in [4.78, 5) is 16.9. The van der Waals surface area contributed by atoms with Crippen LogP contribution in [0.4, 0.5) is 5.69 Å². The van der Waals surface area contributed by atoms with E-state index in [0.717, 1.165) is 16.3 Å². The largest absolute Gasteiger partial charge is 0.343 e. The lowest BCUT2D eigenvalue weighted by Crippen LogP contribution is -2.47. The van der Waals surface area contributed by atoms with Crippen molar-refractivity contribution in [3.05, 3.63) is 75.3 Å². The molecule has 136 valence electrons. The van der Waals surface area contributed by atoms with Crippen molar-refractivity contribution in [3.8, 4) is 6.07 Å². The lowest BCUT2D eigenvalue weighted by Gasteiger charge is -2.42. The van der Waals surface area contributed by atoms with Crippen molar-refractivity contribution in [2.24, 2.45) is 0 Å². The number of amides is 1. The third-order valence-corrected chi connectivity index (χ3v) is 6.53. The molecule has 2 aromatic rings. The Morgan fingerprint density at radius 2 is 1.93 bits per heavy atom. The summed E-state index contributed by atoms with van der Waals surface area (Å²) in [6.07, 6.45) is 0.262. The summed E-state index contributed by atoms with van der Waals surface area (Å²) in [6.45, 7) is 2.53. The number of thioether (sulfide) groups is 1. The molecular formula is C21H18ClN3OS. The van der Waals surface area contributed by atoms with Crippen LogP contribution in [0.25, 0.3) is 0 Å². The fourth-order valence-electron chi connectivity index (χ4n) is 3.66. The van der Waals surface area contributed by atoms with E-state index in [4.69, 9.17) is 11.6 Å². The molecule has 2 aliphatic rings. The molecule has 0 saturated carbocycles. The molecule has 0 N–H and O–H groups in total. The van der Waals surface area contributed by atoms with Gasteiger partial charge in [-0.3, -0.25) is 9.69 Å². The molecule has 0 bridgehead atoms. The van der Waals surface area contributed by atoms with Gasteiger partial charge in [0.25, 0.3) is 0 Å². The molecule has 1 fully saturated rings. The summed E-state index contributed by atoms with van der Waals surface area (Å²) in [5, 5.41) is 11.2. The van der Waals surface area contributed by atoms with Gasteiger partial charge in [0.2, 0.25) is 5.91 Å². The maximum absolute atomic E-state index is 12.9. The molecule has 2 aliphatic heterocycles. The predicted molar refractivity (Wildman–Crippen MR) is 109 cm³/mol. The fourth-order valence-corrected chi connectivity index (χ4v) is 5.08. The number of carbonyl (C=O) groups is 1. The number of para-hydroxylation sites is 1. The van der Waals surface area contributed by atoms with Gasteiger partial charge in [-0.15, -0.1) is 0 Å². The number of hydrogen-bond donors (Lipinski definition) is 0. The average Bonchev–Trinajstić information content (AvgIpc) is 2.68. The molecule has 6 heteroatoms. The molecule has 2 aromatic carbocycles. The smallest absolute Gasteiger partial charge is 0.229 e. The minimum absolute atomic E-state index is 0.0275. The second-order valence-electron chi connectivity index (χ2n) is 6.67. The van der Waals surface area contributed by atoms with Crippen molar-refractivity contribution in [1.82, 2.24) is 4.90 Å². The van der Waals surface area contributed by atoms with Gasteiger partial charge in [-0.25, -0.2) is 0 Å². The second-order valence-corrected chi connectivity index (χ2v) is 8.01. The van der Waals surface area contributed by atoms with E-state index in [2.05, 4.69) is 30.0 Å². The topological polar surface area (TPSA) is 47.3 Å². The van der Waals surface area contributed by atoms with Crippen LogP contribution in [0.2, 0.25) is 5.02 Å². The number of nitrogens with zero attached hydrogens (tertiary/aromatic N) is 3. The summed E-state index contributed by atoms with van der Waals surface area (Å²) >= 11 is 7.90. The SMILES string of the molecule is Cc1ccccc1N1CSC2=C(C#N)C(c3ccccc3Cl)CC(=O)N2C1. The zero-order valence-corrected chi connectivity index (χ0v) is 16.4. The van der Waals surface area contributed by atoms with Crippen molar-refractivity contribution in [3.63, 3.8) is 0 Å². The predicted octanol–water partition coefficient (Wildman–Crippen LogP) is 4.87. The van der Waals surface area contributed by atoms with Gasteiger partial charge < -0.3 is 4.90 Å². The molecule has 1 amide bonds. The van der Waals surface area contributed by atoms with Crippen LogP contribution in [-0.2, 0) is 4.79 Å². The zero-order chi connectivity index (χ0) is 19.0. The molecule has 0 radical (unpaired) electrons. The Balaban J connectivity index is 1.70. The van der Waals surface area contributed by atoms with Crippen molar-refractivity contribution in [1.29, 1.82) is 5.26 Å². The molecule has 0 spiro atoms. The molecule has 1 unspecified atom stereocenters. The highest BCUT2D eigenvalue weighted by molar-refractivity contribution is 8.03. The monoisotopic (exact) mass is 395 g/mol.